The molecule has 1 atom stereocenters. The number of benzene rings is 1. The molecular formula is C20H24N2O5. The average molecular weight is 372 g/mol. The maximum atomic E-state index is 12.5. The number of hydrogen-bond donors (Lipinski definition) is 1. The van der Waals surface area contributed by atoms with Crippen LogP contribution in [0.3, 0.4) is 0 Å². The molecule has 1 aromatic heterocycles. The summed E-state index contributed by atoms with van der Waals surface area (Å²) in [5.74, 6) is 0.00675. The molecule has 3 rings (SSSR count). The molecule has 0 spiro atoms. The molecule has 7 heteroatoms. The van der Waals surface area contributed by atoms with Gasteiger partial charge in [-0.15, -0.1) is 0 Å². The van der Waals surface area contributed by atoms with Gasteiger partial charge in [0.1, 0.15) is 17.4 Å². The number of ether oxygens (including phenoxy) is 1. The lowest BCUT2D eigenvalue weighted by Gasteiger charge is -2.22. The van der Waals surface area contributed by atoms with Gasteiger partial charge < -0.3 is 19.8 Å². The number of aryl methyl sites for hydroxylation is 2. The van der Waals surface area contributed by atoms with E-state index in [-0.39, 0.29) is 18.7 Å². The van der Waals surface area contributed by atoms with Gasteiger partial charge in [0.2, 0.25) is 11.8 Å². The van der Waals surface area contributed by atoms with Crippen molar-refractivity contribution in [2.45, 2.75) is 45.6 Å². The number of nitrogens with two attached hydrogens (primary N) is 1. The molecule has 1 unspecified atom stereocenters. The first kappa shape index (κ1) is 18.9. The molecular weight excluding hydrogens is 348 g/mol. The van der Waals surface area contributed by atoms with Crippen molar-refractivity contribution in [3.8, 4) is 5.75 Å². The third kappa shape index (κ3) is 3.41. The predicted molar refractivity (Wildman–Crippen MR) is 101 cm³/mol. The molecule has 2 N–H and O–H groups in total. The SMILES string of the molecule is COc1ccc2c(C)c(CCC(=O)N3CCCC3C(N)=O)c(=O)oc2c1C. The minimum absolute atomic E-state index is 0.135. The molecule has 7 nitrogen and oxygen atoms in total. The van der Waals surface area contributed by atoms with Gasteiger partial charge in [-0.1, -0.05) is 0 Å². The number of nitrogens with zero attached hydrogens (tertiary/aromatic N) is 1. The molecule has 1 aliphatic heterocycles. The molecule has 2 heterocycles. The van der Waals surface area contributed by atoms with E-state index in [0.717, 1.165) is 22.9 Å². The Bertz CT molecular complexity index is 963. The Hall–Kier alpha value is -2.83. The minimum atomic E-state index is -0.540. The third-order valence-electron chi connectivity index (χ3n) is 5.36. The van der Waals surface area contributed by atoms with Gasteiger partial charge in [-0.2, -0.15) is 0 Å². The van der Waals surface area contributed by atoms with Crippen LogP contribution < -0.4 is 16.1 Å². The van der Waals surface area contributed by atoms with Gasteiger partial charge in [0.05, 0.1) is 7.11 Å². The summed E-state index contributed by atoms with van der Waals surface area (Å²) in [5, 5.41) is 0.825. The fraction of sp³-hybridized carbons (Fsp3) is 0.450. The molecule has 0 radical (unpaired) electrons. The molecule has 1 fully saturated rings. The molecule has 1 aromatic carbocycles. The van der Waals surface area contributed by atoms with Crippen molar-refractivity contribution in [3.05, 3.63) is 39.2 Å². The second-order valence-corrected chi connectivity index (χ2v) is 6.91. The summed E-state index contributed by atoms with van der Waals surface area (Å²) in [4.78, 5) is 38.0. The lowest BCUT2D eigenvalue weighted by Crippen LogP contribution is -2.43. The van der Waals surface area contributed by atoms with Crippen molar-refractivity contribution < 1.29 is 18.7 Å². The molecule has 1 saturated heterocycles. The van der Waals surface area contributed by atoms with E-state index in [1.54, 1.807) is 7.11 Å². The van der Waals surface area contributed by atoms with Crippen LogP contribution in [0.5, 0.6) is 5.75 Å². The molecule has 27 heavy (non-hydrogen) atoms. The molecule has 0 aliphatic carbocycles. The zero-order chi connectivity index (χ0) is 19.7. The van der Waals surface area contributed by atoms with Gasteiger partial charge in [-0.3, -0.25) is 9.59 Å². The Morgan fingerprint density at radius 2 is 2.04 bits per heavy atom. The largest absolute Gasteiger partial charge is 0.496 e. The summed E-state index contributed by atoms with van der Waals surface area (Å²) < 4.78 is 10.8. The number of rotatable bonds is 5. The highest BCUT2D eigenvalue weighted by Gasteiger charge is 2.32. The number of carbonyl (C=O) groups excluding carboxylic acids is 2. The predicted octanol–water partition coefficient (Wildman–Crippen LogP) is 1.83. The maximum absolute atomic E-state index is 12.5. The summed E-state index contributed by atoms with van der Waals surface area (Å²) >= 11 is 0. The summed E-state index contributed by atoms with van der Waals surface area (Å²) in [6.07, 6.45) is 1.75. The monoisotopic (exact) mass is 372 g/mol. The van der Waals surface area contributed by atoms with E-state index < -0.39 is 17.6 Å². The standard InChI is InChI=1S/C20H24N2O5/c1-11-13-6-8-16(26-3)12(2)18(13)27-20(25)14(11)7-9-17(23)22-10-4-5-15(22)19(21)24/h6,8,15H,4-5,7,9-10H2,1-3H3,(H2,21,24). The van der Waals surface area contributed by atoms with E-state index >= 15 is 0 Å². The smallest absolute Gasteiger partial charge is 0.339 e. The van der Waals surface area contributed by atoms with Gasteiger partial charge in [-0.25, -0.2) is 4.79 Å². The highest BCUT2D eigenvalue weighted by atomic mass is 16.5. The highest BCUT2D eigenvalue weighted by molar-refractivity contribution is 5.88. The second kappa shape index (κ2) is 7.42. The van der Waals surface area contributed by atoms with Crippen LogP contribution in [0, 0.1) is 13.8 Å². The van der Waals surface area contributed by atoms with Gasteiger partial charge in [0.25, 0.3) is 0 Å². The lowest BCUT2D eigenvalue weighted by molar-refractivity contribution is -0.137. The molecule has 2 aromatic rings. The molecule has 2 amide bonds. The molecule has 1 aliphatic rings. The van der Waals surface area contributed by atoms with Crippen LogP contribution in [0.1, 0.15) is 36.0 Å². The molecule has 0 saturated carbocycles. The number of carbonyl (C=O) groups is 2. The van der Waals surface area contributed by atoms with Crippen LogP contribution in [0.2, 0.25) is 0 Å². The summed E-state index contributed by atoms with van der Waals surface area (Å²) in [5.41, 5.74) is 7.47. The fourth-order valence-electron chi connectivity index (χ4n) is 3.82. The van der Waals surface area contributed by atoms with E-state index in [1.165, 1.54) is 4.90 Å². The van der Waals surface area contributed by atoms with E-state index in [2.05, 4.69) is 0 Å². The van der Waals surface area contributed by atoms with Gasteiger partial charge in [0.15, 0.2) is 0 Å². The zero-order valence-corrected chi connectivity index (χ0v) is 15.8. The summed E-state index contributed by atoms with van der Waals surface area (Å²) in [6, 6.07) is 3.15. The first-order chi connectivity index (χ1) is 12.8. The number of hydrogen-bond acceptors (Lipinski definition) is 5. The Morgan fingerprint density at radius 3 is 2.70 bits per heavy atom. The van der Waals surface area contributed by atoms with Crippen molar-refractivity contribution in [2.75, 3.05) is 13.7 Å². The van der Waals surface area contributed by atoms with E-state index in [4.69, 9.17) is 14.9 Å². The Labute approximate surface area is 157 Å². The molecule has 144 valence electrons. The van der Waals surface area contributed by atoms with E-state index in [9.17, 15) is 14.4 Å². The van der Waals surface area contributed by atoms with Crippen molar-refractivity contribution in [2.24, 2.45) is 5.73 Å². The lowest BCUT2D eigenvalue weighted by atomic mass is 10.00. The number of amides is 2. The van der Waals surface area contributed by atoms with Crippen molar-refractivity contribution in [1.82, 2.24) is 4.90 Å². The number of primary amides is 1. The first-order valence-corrected chi connectivity index (χ1v) is 9.03. The summed E-state index contributed by atoms with van der Waals surface area (Å²) in [7, 11) is 1.57. The van der Waals surface area contributed by atoms with Crippen molar-refractivity contribution in [1.29, 1.82) is 0 Å². The topological polar surface area (TPSA) is 103 Å². The Balaban J connectivity index is 1.86. The van der Waals surface area contributed by atoms with Gasteiger partial charge in [0, 0.05) is 29.5 Å². The highest BCUT2D eigenvalue weighted by Crippen LogP contribution is 2.29. The normalized spacial score (nSPS) is 16.7. The van der Waals surface area contributed by atoms with Gasteiger partial charge in [-0.05, 0) is 50.8 Å². The third-order valence-corrected chi connectivity index (χ3v) is 5.36. The van der Waals surface area contributed by atoms with Gasteiger partial charge >= 0.3 is 5.63 Å². The Kier molecular flexibility index (Phi) is 5.21. The van der Waals surface area contributed by atoms with E-state index in [0.29, 0.717) is 29.9 Å². The minimum Gasteiger partial charge on any atom is -0.496 e. The van der Waals surface area contributed by atoms with Crippen LogP contribution in [0.4, 0.5) is 0 Å². The zero-order valence-electron chi connectivity index (χ0n) is 15.8. The van der Waals surface area contributed by atoms with Crippen molar-refractivity contribution >= 4 is 22.8 Å². The Morgan fingerprint density at radius 1 is 1.30 bits per heavy atom. The fourth-order valence-corrected chi connectivity index (χ4v) is 3.82. The van der Waals surface area contributed by atoms with Crippen molar-refractivity contribution in [3.63, 3.8) is 0 Å². The second-order valence-electron chi connectivity index (χ2n) is 6.91. The van der Waals surface area contributed by atoms with Crippen LogP contribution in [-0.2, 0) is 16.0 Å². The quantitative estimate of drug-likeness (QED) is 0.807. The average Bonchev–Trinajstić information content (AvgIpc) is 3.12. The van der Waals surface area contributed by atoms with Crippen LogP contribution >= 0.6 is 0 Å². The van der Waals surface area contributed by atoms with Crippen LogP contribution in [-0.4, -0.2) is 36.4 Å². The molecule has 0 bridgehead atoms. The van der Waals surface area contributed by atoms with E-state index in [1.807, 2.05) is 26.0 Å². The number of likely N-dealkylation sites (tertiary alicyclic amines) is 1. The number of fused-ring (bicyclic) bond motifs is 1. The van der Waals surface area contributed by atoms with Crippen LogP contribution in [0.15, 0.2) is 21.3 Å². The maximum Gasteiger partial charge on any atom is 0.339 e. The van der Waals surface area contributed by atoms with Crippen LogP contribution in [0.25, 0.3) is 11.0 Å². The number of methoxy groups -OCH3 is 1. The first-order valence-electron chi connectivity index (χ1n) is 9.03. The summed E-state index contributed by atoms with van der Waals surface area (Å²) in [6.45, 7) is 4.22.